The number of amides is 2. The minimum atomic E-state index is -1.39. The zero-order valence-corrected chi connectivity index (χ0v) is 21.7. The minimum absolute atomic E-state index is 0.0398. The highest BCUT2D eigenvalue weighted by atomic mass is 16.5. The number of fused-ring (bicyclic) bond motifs is 6. The molecule has 2 fully saturated rings. The van der Waals surface area contributed by atoms with E-state index in [4.69, 9.17) is 14.2 Å². The standard InChI is InChI=1S/C29H31N3O6/c1-4-37-27(34)25-21-16-38-23-13-18(36-3)9-10-20(23)26(21)32-24(33)15-31(28(35)29(25,32)2)12-11-17-14-30-22-8-6-5-7-19(17)22/h5-10,13-14,21,25-26,30H,4,11-12,15-16H2,1-3H3/t21-,25-,26+,29-/m1/s1. The van der Waals surface area contributed by atoms with E-state index >= 15 is 0 Å². The average molecular weight is 518 g/mol. The van der Waals surface area contributed by atoms with Crippen molar-refractivity contribution in [2.24, 2.45) is 11.8 Å². The van der Waals surface area contributed by atoms with E-state index in [0.29, 0.717) is 24.5 Å². The maximum atomic E-state index is 14.2. The summed E-state index contributed by atoms with van der Waals surface area (Å²) < 4.78 is 16.9. The fourth-order valence-corrected chi connectivity index (χ4v) is 6.68. The van der Waals surface area contributed by atoms with Gasteiger partial charge in [0.05, 0.1) is 38.8 Å². The third-order valence-corrected chi connectivity index (χ3v) is 8.37. The molecule has 3 aliphatic heterocycles. The van der Waals surface area contributed by atoms with Crippen molar-refractivity contribution < 1.29 is 28.6 Å². The molecule has 3 aliphatic rings. The highest BCUT2D eigenvalue weighted by Gasteiger charge is 2.69. The number of methoxy groups -OCH3 is 1. The van der Waals surface area contributed by atoms with Gasteiger partial charge in [0.1, 0.15) is 17.0 Å². The first-order valence-corrected chi connectivity index (χ1v) is 13.0. The molecule has 0 aliphatic carbocycles. The Morgan fingerprint density at radius 1 is 1.21 bits per heavy atom. The van der Waals surface area contributed by atoms with E-state index in [9.17, 15) is 14.4 Å². The number of ether oxygens (including phenoxy) is 3. The van der Waals surface area contributed by atoms with E-state index in [1.807, 2.05) is 42.6 Å². The number of piperazine rings is 1. The fraction of sp³-hybridized carbons (Fsp3) is 0.414. The van der Waals surface area contributed by atoms with Gasteiger partial charge in [0.15, 0.2) is 0 Å². The number of esters is 1. The molecule has 6 rings (SSSR count). The number of hydrogen-bond acceptors (Lipinski definition) is 6. The second kappa shape index (κ2) is 9.08. The Labute approximate surface area is 220 Å². The molecule has 0 bridgehead atoms. The molecule has 4 atom stereocenters. The Balaban J connectivity index is 1.36. The van der Waals surface area contributed by atoms with Crippen molar-refractivity contribution in [1.29, 1.82) is 0 Å². The Kier molecular flexibility index (Phi) is 5.81. The van der Waals surface area contributed by atoms with Crippen molar-refractivity contribution in [3.8, 4) is 11.5 Å². The number of rotatable bonds is 6. The van der Waals surface area contributed by atoms with Crippen molar-refractivity contribution in [1.82, 2.24) is 14.8 Å². The fourth-order valence-electron chi connectivity index (χ4n) is 6.68. The number of carbonyl (C=O) groups is 3. The first kappa shape index (κ1) is 24.3. The van der Waals surface area contributed by atoms with E-state index in [1.54, 1.807) is 36.8 Å². The molecule has 198 valence electrons. The predicted octanol–water partition coefficient (Wildman–Crippen LogP) is 3.09. The molecular weight excluding hydrogens is 486 g/mol. The van der Waals surface area contributed by atoms with Crippen LogP contribution < -0.4 is 9.47 Å². The molecule has 9 heteroatoms. The zero-order valence-electron chi connectivity index (χ0n) is 21.7. The summed E-state index contributed by atoms with van der Waals surface area (Å²) in [6.45, 7) is 4.16. The lowest BCUT2D eigenvalue weighted by Crippen LogP contribution is -2.67. The second-order valence-corrected chi connectivity index (χ2v) is 10.3. The van der Waals surface area contributed by atoms with Gasteiger partial charge in [-0.3, -0.25) is 14.4 Å². The largest absolute Gasteiger partial charge is 0.497 e. The van der Waals surface area contributed by atoms with Gasteiger partial charge < -0.3 is 29.0 Å². The molecule has 0 radical (unpaired) electrons. The number of carbonyl (C=O) groups excluding carboxylic acids is 3. The lowest BCUT2D eigenvalue weighted by Gasteiger charge is -2.47. The summed E-state index contributed by atoms with van der Waals surface area (Å²) in [5, 5.41) is 1.09. The van der Waals surface area contributed by atoms with Crippen LogP contribution in [-0.4, -0.2) is 71.5 Å². The van der Waals surface area contributed by atoms with E-state index in [-0.39, 0.29) is 31.6 Å². The predicted molar refractivity (Wildman–Crippen MR) is 139 cm³/mol. The SMILES string of the molecule is CCOC(=O)[C@H]1[C@H]2COc3cc(OC)ccc3[C@@H]2N2C(=O)CN(CCc3c[nH]c4ccccc34)C(=O)[C@@]12C. The Morgan fingerprint density at radius 2 is 2.03 bits per heavy atom. The summed E-state index contributed by atoms with van der Waals surface area (Å²) in [6.07, 6.45) is 2.53. The summed E-state index contributed by atoms with van der Waals surface area (Å²) >= 11 is 0. The topological polar surface area (TPSA) is 101 Å². The molecule has 1 aromatic heterocycles. The van der Waals surface area contributed by atoms with Gasteiger partial charge in [0.25, 0.3) is 0 Å². The van der Waals surface area contributed by atoms with Crippen molar-refractivity contribution >= 4 is 28.7 Å². The third-order valence-electron chi connectivity index (χ3n) is 8.37. The molecule has 1 N–H and O–H groups in total. The molecule has 2 saturated heterocycles. The lowest BCUT2D eigenvalue weighted by molar-refractivity contribution is -0.170. The molecule has 0 unspecified atom stereocenters. The van der Waals surface area contributed by atoms with Crippen LogP contribution in [0.1, 0.15) is 31.0 Å². The number of benzene rings is 2. The molecule has 9 nitrogen and oxygen atoms in total. The first-order valence-electron chi connectivity index (χ1n) is 13.0. The van der Waals surface area contributed by atoms with E-state index < -0.39 is 29.4 Å². The molecule has 4 heterocycles. The summed E-state index contributed by atoms with van der Waals surface area (Å²) in [4.78, 5) is 48.0. The molecule has 2 aromatic carbocycles. The summed E-state index contributed by atoms with van der Waals surface area (Å²) in [7, 11) is 1.58. The third kappa shape index (κ3) is 3.48. The number of nitrogens with one attached hydrogen (secondary N) is 1. The summed E-state index contributed by atoms with van der Waals surface area (Å²) in [6, 6.07) is 13.0. The van der Waals surface area contributed by atoms with Crippen molar-refractivity contribution in [2.75, 3.05) is 33.4 Å². The quantitative estimate of drug-likeness (QED) is 0.505. The van der Waals surface area contributed by atoms with Crippen LogP contribution in [0.4, 0.5) is 0 Å². The van der Waals surface area contributed by atoms with Crippen LogP contribution in [0.3, 0.4) is 0 Å². The monoisotopic (exact) mass is 517 g/mol. The maximum Gasteiger partial charge on any atom is 0.312 e. The maximum absolute atomic E-state index is 14.2. The van der Waals surface area contributed by atoms with Gasteiger partial charge >= 0.3 is 5.97 Å². The highest BCUT2D eigenvalue weighted by Crippen LogP contribution is 2.57. The van der Waals surface area contributed by atoms with Crippen LogP contribution in [0.2, 0.25) is 0 Å². The van der Waals surface area contributed by atoms with Gasteiger partial charge in [0.2, 0.25) is 11.8 Å². The van der Waals surface area contributed by atoms with Crippen molar-refractivity contribution in [3.05, 3.63) is 59.8 Å². The number of aromatic amines is 1. The summed E-state index contributed by atoms with van der Waals surface area (Å²) in [5.74, 6) is -0.936. The second-order valence-electron chi connectivity index (χ2n) is 10.3. The smallest absolute Gasteiger partial charge is 0.312 e. The highest BCUT2D eigenvalue weighted by molar-refractivity contribution is 6.02. The molecule has 2 amide bonds. The van der Waals surface area contributed by atoms with Gasteiger partial charge in [-0.05, 0) is 44.0 Å². The van der Waals surface area contributed by atoms with E-state index in [0.717, 1.165) is 22.0 Å². The Bertz CT molecular complexity index is 1430. The van der Waals surface area contributed by atoms with E-state index in [1.165, 1.54) is 0 Å². The minimum Gasteiger partial charge on any atom is -0.497 e. The summed E-state index contributed by atoms with van der Waals surface area (Å²) in [5.41, 5.74) is 1.49. The molecule has 3 aromatic rings. The first-order chi connectivity index (χ1) is 18.4. The number of para-hydroxylation sites is 1. The van der Waals surface area contributed by atoms with Crippen LogP contribution in [0, 0.1) is 11.8 Å². The van der Waals surface area contributed by atoms with Crippen LogP contribution in [0.15, 0.2) is 48.7 Å². The molecule has 0 saturated carbocycles. The molecule has 38 heavy (non-hydrogen) atoms. The van der Waals surface area contributed by atoms with Crippen molar-refractivity contribution in [3.63, 3.8) is 0 Å². The van der Waals surface area contributed by atoms with Crippen LogP contribution in [-0.2, 0) is 25.5 Å². The molecule has 0 spiro atoms. The Hall–Kier alpha value is -4.01. The lowest BCUT2D eigenvalue weighted by atomic mass is 9.77. The van der Waals surface area contributed by atoms with Crippen LogP contribution >= 0.6 is 0 Å². The van der Waals surface area contributed by atoms with Gasteiger partial charge in [-0.15, -0.1) is 0 Å². The average Bonchev–Trinajstić information content (AvgIpc) is 3.46. The van der Waals surface area contributed by atoms with Crippen molar-refractivity contribution in [2.45, 2.75) is 31.8 Å². The van der Waals surface area contributed by atoms with E-state index in [2.05, 4.69) is 4.98 Å². The number of aromatic nitrogens is 1. The van der Waals surface area contributed by atoms with Gasteiger partial charge in [-0.25, -0.2) is 0 Å². The van der Waals surface area contributed by atoms with Crippen LogP contribution in [0.5, 0.6) is 11.5 Å². The number of hydrogen-bond donors (Lipinski definition) is 1. The Morgan fingerprint density at radius 3 is 2.82 bits per heavy atom. The number of H-pyrrole nitrogens is 1. The van der Waals surface area contributed by atoms with Gasteiger partial charge in [-0.2, -0.15) is 0 Å². The van der Waals surface area contributed by atoms with Gasteiger partial charge in [-0.1, -0.05) is 18.2 Å². The normalized spacial score (nSPS) is 26.0. The van der Waals surface area contributed by atoms with Crippen LogP contribution in [0.25, 0.3) is 10.9 Å². The zero-order chi connectivity index (χ0) is 26.6. The molecular formula is C29H31N3O6. The van der Waals surface area contributed by atoms with Gasteiger partial charge in [0, 0.05) is 41.2 Å². The number of nitrogens with zero attached hydrogens (tertiary/aromatic N) is 2.